The van der Waals surface area contributed by atoms with Crippen LogP contribution in [0.5, 0.6) is 0 Å². The van der Waals surface area contributed by atoms with Gasteiger partial charge in [0.05, 0.1) is 5.52 Å². The third-order valence-corrected chi connectivity index (χ3v) is 6.34. The quantitative estimate of drug-likeness (QED) is 0.563. The Morgan fingerprint density at radius 2 is 1.93 bits per heavy atom. The van der Waals surface area contributed by atoms with E-state index in [2.05, 4.69) is 17.2 Å². The van der Waals surface area contributed by atoms with E-state index in [1.165, 1.54) is 11.6 Å². The Morgan fingerprint density at radius 3 is 2.69 bits per heavy atom. The van der Waals surface area contributed by atoms with E-state index in [-0.39, 0.29) is 17.8 Å². The maximum Gasteiger partial charge on any atom is 0.251 e. The number of benzene rings is 2. The van der Waals surface area contributed by atoms with Crippen LogP contribution in [-0.4, -0.2) is 16.9 Å². The molecule has 1 amide bonds. The van der Waals surface area contributed by atoms with E-state index in [4.69, 9.17) is 11.6 Å². The minimum absolute atomic E-state index is 0.0854. The standard InChI is InChI=1S/C24H24ClFN2O/c1-15(28-24(29)18-3-2-4-19(25)13-18)16-5-7-17(8-6-16)21-11-12-27-23-10-9-20(26)14-22(21)23/h2-4,9-17H,5-8H2,1H3,(H,28,29)/t15-,16?,17?/m1/s1. The Bertz CT molecular complexity index is 1030. The van der Waals surface area contributed by atoms with Crippen molar-refractivity contribution in [3.63, 3.8) is 0 Å². The molecule has 1 fully saturated rings. The Labute approximate surface area is 175 Å². The third-order valence-electron chi connectivity index (χ3n) is 6.10. The fraction of sp³-hybridized carbons (Fsp3) is 0.333. The molecule has 29 heavy (non-hydrogen) atoms. The summed E-state index contributed by atoms with van der Waals surface area (Å²) in [5, 5.41) is 4.60. The van der Waals surface area contributed by atoms with Crippen molar-refractivity contribution in [1.29, 1.82) is 0 Å². The summed E-state index contributed by atoms with van der Waals surface area (Å²) in [6.07, 6.45) is 5.92. The molecule has 2 aromatic carbocycles. The molecule has 1 saturated carbocycles. The van der Waals surface area contributed by atoms with Crippen LogP contribution in [0.4, 0.5) is 4.39 Å². The molecule has 1 atom stereocenters. The number of hydrogen-bond donors (Lipinski definition) is 1. The molecule has 5 heteroatoms. The molecule has 1 aliphatic rings. The molecule has 4 rings (SSSR count). The highest BCUT2D eigenvalue weighted by Crippen LogP contribution is 2.39. The van der Waals surface area contributed by atoms with Gasteiger partial charge in [0.2, 0.25) is 0 Å². The first-order chi connectivity index (χ1) is 14.0. The zero-order valence-corrected chi connectivity index (χ0v) is 17.1. The van der Waals surface area contributed by atoms with Crippen LogP contribution in [0.15, 0.2) is 54.7 Å². The van der Waals surface area contributed by atoms with Crippen LogP contribution in [0.3, 0.4) is 0 Å². The van der Waals surface area contributed by atoms with E-state index in [0.717, 1.165) is 36.6 Å². The van der Waals surface area contributed by atoms with Crippen molar-refractivity contribution in [3.05, 3.63) is 76.7 Å². The highest BCUT2D eigenvalue weighted by atomic mass is 35.5. The molecule has 1 heterocycles. The van der Waals surface area contributed by atoms with Gasteiger partial charge in [0, 0.05) is 28.2 Å². The third kappa shape index (κ3) is 4.43. The van der Waals surface area contributed by atoms with Crippen LogP contribution < -0.4 is 5.32 Å². The van der Waals surface area contributed by atoms with Crippen molar-refractivity contribution in [2.24, 2.45) is 5.92 Å². The van der Waals surface area contributed by atoms with Gasteiger partial charge in [-0.1, -0.05) is 17.7 Å². The van der Waals surface area contributed by atoms with Crippen molar-refractivity contribution in [2.45, 2.75) is 44.6 Å². The van der Waals surface area contributed by atoms with E-state index < -0.39 is 0 Å². The lowest BCUT2D eigenvalue weighted by Gasteiger charge is -2.33. The van der Waals surface area contributed by atoms with Crippen LogP contribution in [0.25, 0.3) is 10.9 Å². The van der Waals surface area contributed by atoms with Gasteiger partial charge < -0.3 is 5.32 Å². The lowest BCUT2D eigenvalue weighted by molar-refractivity contribution is 0.0918. The number of pyridine rings is 1. The van der Waals surface area contributed by atoms with Crippen molar-refractivity contribution >= 4 is 28.4 Å². The van der Waals surface area contributed by atoms with Gasteiger partial charge in [-0.3, -0.25) is 9.78 Å². The van der Waals surface area contributed by atoms with Gasteiger partial charge >= 0.3 is 0 Å². The zero-order valence-electron chi connectivity index (χ0n) is 16.4. The van der Waals surface area contributed by atoms with Crippen LogP contribution >= 0.6 is 11.6 Å². The van der Waals surface area contributed by atoms with E-state index in [1.54, 1.807) is 36.4 Å². The summed E-state index contributed by atoms with van der Waals surface area (Å²) in [6.45, 7) is 2.07. The van der Waals surface area contributed by atoms with E-state index in [1.807, 2.05) is 12.3 Å². The molecular formula is C24H24ClFN2O. The van der Waals surface area contributed by atoms with Gasteiger partial charge in [-0.05, 0) is 92.5 Å². The number of amides is 1. The smallest absolute Gasteiger partial charge is 0.251 e. The predicted molar refractivity (Wildman–Crippen MR) is 115 cm³/mol. The topological polar surface area (TPSA) is 42.0 Å². The maximum atomic E-state index is 13.8. The monoisotopic (exact) mass is 410 g/mol. The molecular weight excluding hydrogens is 387 g/mol. The Kier molecular flexibility index (Phi) is 5.81. The van der Waals surface area contributed by atoms with Crippen LogP contribution in [0, 0.1) is 11.7 Å². The number of aromatic nitrogens is 1. The predicted octanol–water partition coefficient (Wildman–Crippen LogP) is 6.12. The summed E-state index contributed by atoms with van der Waals surface area (Å²) in [7, 11) is 0. The summed E-state index contributed by atoms with van der Waals surface area (Å²) in [5.41, 5.74) is 2.61. The molecule has 0 saturated heterocycles. The largest absolute Gasteiger partial charge is 0.349 e. The fourth-order valence-corrected chi connectivity index (χ4v) is 4.65. The maximum absolute atomic E-state index is 13.8. The van der Waals surface area contributed by atoms with Crippen molar-refractivity contribution in [1.82, 2.24) is 10.3 Å². The molecule has 3 nitrogen and oxygen atoms in total. The van der Waals surface area contributed by atoms with Gasteiger partial charge in [-0.15, -0.1) is 0 Å². The second-order valence-corrected chi connectivity index (χ2v) is 8.38. The molecule has 0 unspecified atom stereocenters. The van der Waals surface area contributed by atoms with Gasteiger partial charge in [0.25, 0.3) is 5.91 Å². The summed E-state index contributed by atoms with van der Waals surface area (Å²) in [6, 6.07) is 13.9. The second kappa shape index (κ2) is 8.50. The van der Waals surface area contributed by atoms with Crippen LogP contribution in [0.1, 0.15) is 54.4 Å². The second-order valence-electron chi connectivity index (χ2n) is 7.95. The van der Waals surface area contributed by atoms with Gasteiger partial charge in [-0.25, -0.2) is 4.39 Å². The van der Waals surface area contributed by atoms with Gasteiger partial charge in [0.1, 0.15) is 5.82 Å². The Morgan fingerprint density at radius 1 is 1.14 bits per heavy atom. The molecule has 150 valence electrons. The molecule has 1 aliphatic carbocycles. The minimum Gasteiger partial charge on any atom is -0.349 e. The number of halogens is 2. The SMILES string of the molecule is C[C@@H](NC(=O)c1cccc(Cl)c1)C1CCC(c2ccnc3ccc(F)cc23)CC1. The average Bonchev–Trinajstić information content (AvgIpc) is 2.73. The average molecular weight is 411 g/mol. The Hall–Kier alpha value is -2.46. The minimum atomic E-state index is -0.224. The number of fused-ring (bicyclic) bond motifs is 1. The highest BCUT2D eigenvalue weighted by molar-refractivity contribution is 6.30. The first-order valence-corrected chi connectivity index (χ1v) is 10.5. The molecule has 1 aromatic heterocycles. The van der Waals surface area contributed by atoms with E-state index >= 15 is 0 Å². The Balaban J connectivity index is 1.41. The first-order valence-electron chi connectivity index (χ1n) is 10.1. The molecule has 0 aliphatic heterocycles. The molecule has 0 spiro atoms. The number of carbonyl (C=O) groups excluding carboxylic acids is 1. The molecule has 0 radical (unpaired) electrons. The summed E-state index contributed by atoms with van der Waals surface area (Å²) in [5.74, 6) is 0.518. The summed E-state index contributed by atoms with van der Waals surface area (Å²) >= 11 is 5.99. The van der Waals surface area contributed by atoms with Gasteiger partial charge in [0.15, 0.2) is 0 Å². The number of rotatable bonds is 4. The molecule has 3 aromatic rings. The van der Waals surface area contributed by atoms with Crippen molar-refractivity contribution in [3.8, 4) is 0 Å². The molecule has 0 bridgehead atoms. The summed E-state index contributed by atoms with van der Waals surface area (Å²) < 4.78 is 13.8. The van der Waals surface area contributed by atoms with Crippen molar-refractivity contribution in [2.75, 3.05) is 0 Å². The van der Waals surface area contributed by atoms with E-state index in [9.17, 15) is 9.18 Å². The normalized spacial score (nSPS) is 20.4. The van der Waals surface area contributed by atoms with Gasteiger partial charge in [-0.2, -0.15) is 0 Å². The zero-order chi connectivity index (χ0) is 20.4. The lowest BCUT2D eigenvalue weighted by atomic mass is 9.75. The highest BCUT2D eigenvalue weighted by Gasteiger charge is 2.28. The molecule has 1 N–H and O–H groups in total. The fourth-order valence-electron chi connectivity index (χ4n) is 4.46. The summed E-state index contributed by atoms with van der Waals surface area (Å²) in [4.78, 5) is 16.9. The van der Waals surface area contributed by atoms with E-state index in [0.29, 0.717) is 22.4 Å². The number of nitrogens with zero attached hydrogens (tertiary/aromatic N) is 1. The number of carbonyl (C=O) groups is 1. The first kappa shape index (κ1) is 19.8. The van der Waals surface area contributed by atoms with Crippen LogP contribution in [-0.2, 0) is 0 Å². The number of hydrogen-bond acceptors (Lipinski definition) is 2. The van der Waals surface area contributed by atoms with Crippen molar-refractivity contribution < 1.29 is 9.18 Å². The lowest BCUT2D eigenvalue weighted by Crippen LogP contribution is -2.39. The number of nitrogens with one attached hydrogen (secondary N) is 1. The van der Waals surface area contributed by atoms with Crippen LogP contribution in [0.2, 0.25) is 5.02 Å².